The SMILES string of the molecule is CNC(c1ccc2c(c1)CC(C)O2)c1ccc(Cl)cc1C. The maximum atomic E-state index is 6.07. The van der Waals surface area contributed by atoms with Gasteiger partial charge in [-0.15, -0.1) is 0 Å². The Hall–Kier alpha value is -1.51. The second-order valence-electron chi connectivity index (χ2n) is 5.72. The maximum Gasteiger partial charge on any atom is 0.123 e. The number of aryl methyl sites for hydroxylation is 1. The van der Waals surface area contributed by atoms with Crippen LogP contribution in [-0.2, 0) is 6.42 Å². The first kappa shape index (κ1) is 14.4. The molecule has 0 fully saturated rings. The van der Waals surface area contributed by atoms with E-state index in [0.717, 1.165) is 17.2 Å². The third-order valence-corrected chi connectivity index (χ3v) is 4.32. The molecule has 21 heavy (non-hydrogen) atoms. The predicted octanol–water partition coefficient (Wildman–Crippen LogP) is 4.28. The van der Waals surface area contributed by atoms with E-state index in [1.54, 1.807) is 0 Å². The Morgan fingerprint density at radius 2 is 2.05 bits per heavy atom. The van der Waals surface area contributed by atoms with Gasteiger partial charge in [0, 0.05) is 11.4 Å². The number of hydrogen-bond acceptors (Lipinski definition) is 2. The van der Waals surface area contributed by atoms with Gasteiger partial charge in [-0.05, 0) is 61.3 Å². The molecule has 2 aromatic carbocycles. The van der Waals surface area contributed by atoms with Crippen molar-refractivity contribution < 1.29 is 4.74 Å². The van der Waals surface area contributed by atoms with Crippen LogP contribution in [-0.4, -0.2) is 13.2 Å². The van der Waals surface area contributed by atoms with Crippen molar-refractivity contribution in [3.8, 4) is 5.75 Å². The van der Waals surface area contributed by atoms with E-state index in [1.165, 1.54) is 22.3 Å². The lowest BCUT2D eigenvalue weighted by atomic mass is 9.93. The Morgan fingerprint density at radius 1 is 1.24 bits per heavy atom. The van der Waals surface area contributed by atoms with Crippen LogP contribution in [0.25, 0.3) is 0 Å². The molecule has 1 aliphatic heterocycles. The molecule has 3 heteroatoms. The maximum absolute atomic E-state index is 6.07. The standard InChI is InChI=1S/C18H20ClNO/c1-11-8-15(19)5-6-16(11)18(20-3)13-4-7-17-14(10-13)9-12(2)21-17/h4-8,10,12,18,20H,9H2,1-3H3. The van der Waals surface area contributed by atoms with Crippen molar-refractivity contribution in [3.63, 3.8) is 0 Å². The lowest BCUT2D eigenvalue weighted by Crippen LogP contribution is -2.18. The Morgan fingerprint density at radius 3 is 2.76 bits per heavy atom. The lowest BCUT2D eigenvalue weighted by Gasteiger charge is -2.20. The van der Waals surface area contributed by atoms with Crippen LogP contribution in [0.5, 0.6) is 5.75 Å². The van der Waals surface area contributed by atoms with Crippen molar-refractivity contribution >= 4 is 11.6 Å². The van der Waals surface area contributed by atoms with Crippen molar-refractivity contribution in [2.24, 2.45) is 0 Å². The van der Waals surface area contributed by atoms with Crippen molar-refractivity contribution in [1.82, 2.24) is 5.32 Å². The molecule has 1 heterocycles. The van der Waals surface area contributed by atoms with Gasteiger partial charge in [-0.2, -0.15) is 0 Å². The molecule has 0 saturated heterocycles. The van der Waals surface area contributed by atoms with Gasteiger partial charge in [0.25, 0.3) is 0 Å². The van der Waals surface area contributed by atoms with Gasteiger partial charge in [-0.1, -0.05) is 29.8 Å². The van der Waals surface area contributed by atoms with Gasteiger partial charge in [0.1, 0.15) is 11.9 Å². The van der Waals surface area contributed by atoms with Gasteiger partial charge >= 0.3 is 0 Å². The molecule has 0 radical (unpaired) electrons. The smallest absolute Gasteiger partial charge is 0.123 e. The van der Waals surface area contributed by atoms with Crippen LogP contribution in [0.4, 0.5) is 0 Å². The third kappa shape index (κ3) is 2.78. The summed E-state index contributed by atoms with van der Waals surface area (Å²) in [7, 11) is 1.99. The number of fused-ring (bicyclic) bond motifs is 1. The highest BCUT2D eigenvalue weighted by atomic mass is 35.5. The van der Waals surface area contributed by atoms with E-state index >= 15 is 0 Å². The van der Waals surface area contributed by atoms with E-state index in [0.29, 0.717) is 0 Å². The molecule has 1 aliphatic rings. The minimum atomic E-state index is 0.170. The number of benzene rings is 2. The van der Waals surface area contributed by atoms with Crippen molar-refractivity contribution in [1.29, 1.82) is 0 Å². The normalized spacial score (nSPS) is 18.2. The second kappa shape index (κ2) is 5.70. The molecule has 1 N–H and O–H groups in total. The summed E-state index contributed by atoms with van der Waals surface area (Å²) in [5.41, 5.74) is 5.02. The molecule has 2 unspecified atom stereocenters. The van der Waals surface area contributed by atoms with Gasteiger partial charge in [0.2, 0.25) is 0 Å². The summed E-state index contributed by atoms with van der Waals surface area (Å²) < 4.78 is 5.78. The fourth-order valence-electron chi connectivity index (χ4n) is 3.09. The Kier molecular flexibility index (Phi) is 3.92. The highest BCUT2D eigenvalue weighted by Gasteiger charge is 2.22. The summed E-state index contributed by atoms with van der Waals surface area (Å²) in [5, 5.41) is 4.19. The molecule has 0 saturated carbocycles. The molecule has 0 aliphatic carbocycles. The van der Waals surface area contributed by atoms with Gasteiger partial charge in [0.05, 0.1) is 6.04 Å². The number of hydrogen-bond donors (Lipinski definition) is 1. The second-order valence-corrected chi connectivity index (χ2v) is 6.16. The van der Waals surface area contributed by atoms with Gasteiger partial charge < -0.3 is 10.1 Å². The van der Waals surface area contributed by atoms with E-state index in [1.807, 2.05) is 19.2 Å². The fourth-order valence-corrected chi connectivity index (χ4v) is 3.31. The zero-order valence-corrected chi connectivity index (χ0v) is 13.4. The van der Waals surface area contributed by atoms with Crippen molar-refractivity contribution in [3.05, 3.63) is 63.7 Å². The zero-order valence-electron chi connectivity index (χ0n) is 12.6. The van der Waals surface area contributed by atoms with Crippen LogP contribution in [0.2, 0.25) is 5.02 Å². The molecule has 2 atom stereocenters. The quantitative estimate of drug-likeness (QED) is 0.913. The van der Waals surface area contributed by atoms with Gasteiger partial charge in [0.15, 0.2) is 0 Å². The molecule has 110 valence electrons. The number of rotatable bonds is 3. The van der Waals surface area contributed by atoms with Crippen LogP contribution < -0.4 is 10.1 Å². The largest absolute Gasteiger partial charge is 0.490 e. The minimum absolute atomic E-state index is 0.170. The van der Waals surface area contributed by atoms with Gasteiger partial charge in [-0.3, -0.25) is 0 Å². The Balaban J connectivity index is 1.99. The summed E-state index contributed by atoms with van der Waals surface area (Å²) in [4.78, 5) is 0. The molecule has 2 nitrogen and oxygen atoms in total. The average molecular weight is 302 g/mol. The van der Waals surface area contributed by atoms with Crippen molar-refractivity contribution in [2.75, 3.05) is 7.05 Å². The number of ether oxygens (including phenoxy) is 1. The summed E-state index contributed by atoms with van der Waals surface area (Å²) in [5.74, 6) is 1.02. The Labute approximate surface area is 131 Å². The molecule has 2 aromatic rings. The first-order chi connectivity index (χ1) is 10.1. The van der Waals surface area contributed by atoms with Crippen LogP contribution in [0.3, 0.4) is 0 Å². The van der Waals surface area contributed by atoms with E-state index < -0.39 is 0 Å². The predicted molar refractivity (Wildman–Crippen MR) is 87.3 cm³/mol. The molecular formula is C18H20ClNO. The van der Waals surface area contributed by atoms with Crippen molar-refractivity contribution in [2.45, 2.75) is 32.4 Å². The molecule has 0 bridgehead atoms. The molecule has 3 rings (SSSR count). The Bertz CT molecular complexity index is 668. The lowest BCUT2D eigenvalue weighted by molar-refractivity contribution is 0.254. The van der Waals surface area contributed by atoms with E-state index in [-0.39, 0.29) is 12.1 Å². The highest BCUT2D eigenvalue weighted by Crippen LogP contribution is 2.33. The summed E-state index contributed by atoms with van der Waals surface area (Å²) >= 11 is 6.07. The topological polar surface area (TPSA) is 21.3 Å². The highest BCUT2D eigenvalue weighted by molar-refractivity contribution is 6.30. The molecule has 0 spiro atoms. The van der Waals surface area contributed by atoms with Crippen LogP contribution >= 0.6 is 11.6 Å². The van der Waals surface area contributed by atoms with E-state index in [2.05, 4.69) is 43.4 Å². The van der Waals surface area contributed by atoms with Crippen LogP contribution in [0, 0.1) is 6.92 Å². The fraction of sp³-hybridized carbons (Fsp3) is 0.333. The molecule has 0 amide bonds. The third-order valence-electron chi connectivity index (χ3n) is 4.08. The molecular weight excluding hydrogens is 282 g/mol. The zero-order chi connectivity index (χ0) is 15.0. The van der Waals surface area contributed by atoms with E-state index in [4.69, 9.17) is 16.3 Å². The van der Waals surface area contributed by atoms with Crippen LogP contribution in [0.1, 0.15) is 35.2 Å². The first-order valence-electron chi connectivity index (χ1n) is 7.31. The minimum Gasteiger partial charge on any atom is -0.490 e. The molecule has 0 aromatic heterocycles. The summed E-state index contributed by atoms with van der Waals surface area (Å²) in [6.45, 7) is 4.21. The summed E-state index contributed by atoms with van der Waals surface area (Å²) in [6, 6.07) is 12.7. The number of halogens is 1. The number of nitrogens with one attached hydrogen (secondary N) is 1. The van der Waals surface area contributed by atoms with E-state index in [9.17, 15) is 0 Å². The first-order valence-corrected chi connectivity index (χ1v) is 7.69. The summed E-state index contributed by atoms with van der Waals surface area (Å²) in [6.07, 6.45) is 1.26. The monoisotopic (exact) mass is 301 g/mol. The van der Waals surface area contributed by atoms with Gasteiger partial charge in [-0.25, -0.2) is 0 Å². The van der Waals surface area contributed by atoms with Crippen LogP contribution in [0.15, 0.2) is 36.4 Å². The average Bonchev–Trinajstić information content (AvgIpc) is 2.81.